The van der Waals surface area contributed by atoms with Gasteiger partial charge in [0.25, 0.3) is 11.8 Å². The molecule has 0 aromatic heterocycles. The van der Waals surface area contributed by atoms with Crippen molar-refractivity contribution in [2.45, 2.75) is 44.5 Å². The fourth-order valence-electron chi connectivity index (χ4n) is 3.23. The molecular formula is C19H22F3N3O3. The van der Waals surface area contributed by atoms with Gasteiger partial charge in [0.1, 0.15) is 0 Å². The molecule has 1 fully saturated rings. The van der Waals surface area contributed by atoms with Crippen LogP contribution in [-0.2, 0) is 4.79 Å². The molecular weight excluding hydrogens is 375 g/mol. The third-order valence-corrected chi connectivity index (χ3v) is 5.02. The van der Waals surface area contributed by atoms with Crippen LogP contribution in [-0.4, -0.2) is 64.2 Å². The van der Waals surface area contributed by atoms with E-state index < -0.39 is 17.7 Å². The van der Waals surface area contributed by atoms with Gasteiger partial charge in [-0.25, -0.2) is 0 Å². The summed E-state index contributed by atoms with van der Waals surface area (Å²) in [5.41, 5.74) is -2.58. The molecule has 28 heavy (non-hydrogen) atoms. The van der Waals surface area contributed by atoms with Gasteiger partial charge >= 0.3 is 6.18 Å². The summed E-state index contributed by atoms with van der Waals surface area (Å²) < 4.78 is 38.6. The lowest BCUT2D eigenvalue weighted by Gasteiger charge is -2.40. The number of nitrogens with zero attached hydrogens (tertiary/aromatic N) is 3. The SMILES string of the molecule is CCN(C(=O)c1ccc(C#N)cc1)C1CCN(C(=O)C(C)(O)C(F)(F)F)CC1. The second-order valence-corrected chi connectivity index (χ2v) is 6.87. The average molecular weight is 397 g/mol. The zero-order chi connectivity index (χ0) is 21.1. The topological polar surface area (TPSA) is 84.6 Å². The lowest BCUT2D eigenvalue weighted by atomic mass is 9.98. The summed E-state index contributed by atoms with van der Waals surface area (Å²) in [6.45, 7) is 2.69. The van der Waals surface area contributed by atoms with E-state index >= 15 is 0 Å². The standard InChI is InChI=1S/C19H22F3N3O3/c1-3-25(16(26)14-6-4-13(12-23)5-7-14)15-8-10-24(11-9-15)17(27)18(2,28)19(20,21)22/h4-7,15,28H,3,8-11H2,1-2H3. The number of rotatable bonds is 4. The molecule has 1 aliphatic rings. The number of aliphatic hydroxyl groups is 1. The Morgan fingerprint density at radius 1 is 1.25 bits per heavy atom. The molecule has 9 heteroatoms. The van der Waals surface area contributed by atoms with Crippen LogP contribution in [0.5, 0.6) is 0 Å². The minimum Gasteiger partial charge on any atom is -0.373 e. The van der Waals surface area contributed by atoms with Gasteiger partial charge in [-0.3, -0.25) is 9.59 Å². The fourth-order valence-corrected chi connectivity index (χ4v) is 3.23. The van der Waals surface area contributed by atoms with E-state index in [4.69, 9.17) is 5.26 Å². The molecule has 0 spiro atoms. The van der Waals surface area contributed by atoms with Gasteiger partial charge in [0.05, 0.1) is 11.6 Å². The van der Waals surface area contributed by atoms with Crippen molar-refractivity contribution in [2.75, 3.05) is 19.6 Å². The number of amides is 2. The number of hydrogen-bond acceptors (Lipinski definition) is 4. The molecule has 1 heterocycles. The molecule has 6 nitrogen and oxygen atoms in total. The van der Waals surface area contributed by atoms with Crippen molar-refractivity contribution >= 4 is 11.8 Å². The van der Waals surface area contributed by atoms with Crippen LogP contribution in [0.15, 0.2) is 24.3 Å². The zero-order valence-electron chi connectivity index (χ0n) is 15.7. The number of likely N-dealkylation sites (tertiary alicyclic amines) is 1. The van der Waals surface area contributed by atoms with E-state index in [-0.39, 0.29) is 25.0 Å². The highest BCUT2D eigenvalue weighted by molar-refractivity contribution is 5.94. The fraction of sp³-hybridized carbons (Fsp3) is 0.526. The summed E-state index contributed by atoms with van der Waals surface area (Å²) in [5.74, 6) is -1.61. The highest BCUT2D eigenvalue weighted by atomic mass is 19.4. The Hall–Kier alpha value is -2.60. The summed E-state index contributed by atoms with van der Waals surface area (Å²) in [5, 5.41) is 18.4. The van der Waals surface area contributed by atoms with Gasteiger partial charge < -0.3 is 14.9 Å². The minimum atomic E-state index is -5.05. The maximum absolute atomic E-state index is 12.9. The van der Waals surface area contributed by atoms with Gasteiger partial charge in [0, 0.05) is 31.2 Å². The molecule has 1 N–H and O–H groups in total. The average Bonchev–Trinajstić information content (AvgIpc) is 2.67. The Balaban J connectivity index is 2.05. The second-order valence-electron chi connectivity index (χ2n) is 6.87. The van der Waals surface area contributed by atoms with Crippen molar-refractivity contribution in [3.05, 3.63) is 35.4 Å². The molecule has 1 aromatic carbocycles. The quantitative estimate of drug-likeness (QED) is 0.845. The van der Waals surface area contributed by atoms with E-state index in [1.54, 1.807) is 36.1 Å². The van der Waals surface area contributed by atoms with Crippen molar-refractivity contribution in [3.8, 4) is 6.07 Å². The van der Waals surface area contributed by atoms with Gasteiger partial charge in [0.15, 0.2) is 0 Å². The van der Waals surface area contributed by atoms with Crippen LogP contribution in [0.4, 0.5) is 13.2 Å². The Labute approximate surface area is 161 Å². The molecule has 1 aliphatic heterocycles. The van der Waals surface area contributed by atoms with E-state index in [1.165, 1.54) is 0 Å². The van der Waals surface area contributed by atoms with Crippen LogP contribution in [0.25, 0.3) is 0 Å². The molecule has 2 rings (SSSR count). The molecule has 1 aromatic rings. The number of halogens is 3. The van der Waals surface area contributed by atoms with Crippen LogP contribution in [0.3, 0.4) is 0 Å². The summed E-state index contributed by atoms with van der Waals surface area (Å²) in [4.78, 5) is 27.4. The second kappa shape index (κ2) is 8.19. The monoisotopic (exact) mass is 397 g/mol. The lowest BCUT2D eigenvalue weighted by Crippen LogP contribution is -2.58. The summed E-state index contributed by atoms with van der Waals surface area (Å²) in [6, 6.07) is 7.95. The molecule has 1 saturated heterocycles. The number of piperidine rings is 1. The highest BCUT2D eigenvalue weighted by Crippen LogP contribution is 2.32. The van der Waals surface area contributed by atoms with Crippen LogP contribution in [0.2, 0.25) is 0 Å². The third kappa shape index (κ3) is 4.28. The Morgan fingerprint density at radius 3 is 2.21 bits per heavy atom. The lowest BCUT2D eigenvalue weighted by molar-refractivity contribution is -0.250. The van der Waals surface area contributed by atoms with Gasteiger partial charge in [-0.05, 0) is 51.0 Å². The van der Waals surface area contributed by atoms with E-state index in [2.05, 4.69) is 0 Å². The molecule has 1 unspecified atom stereocenters. The van der Waals surface area contributed by atoms with Crippen molar-refractivity contribution in [1.82, 2.24) is 9.80 Å². The largest absolute Gasteiger partial charge is 0.426 e. The van der Waals surface area contributed by atoms with E-state index in [9.17, 15) is 27.9 Å². The van der Waals surface area contributed by atoms with Gasteiger partial charge in [-0.15, -0.1) is 0 Å². The number of carbonyl (C=O) groups is 2. The van der Waals surface area contributed by atoms with Crippen molar-refractivity contribution in [1.29, 1.82) is 5.26 Å². The zero-order valence-corrected chi connectivity index (χ0v) is 15.7. The summed E-state index contributed by atoms with van der Waals surface area (Å²) in [7, 11) is 0. The van der Waals surface area contributed by atoms with Crippen molar-refractivity contribution < 1.29 is 27.9 Å². The number of hydrogen-bond donors (Lipinski definition) is 1. The van der Waals surface area contributed by atoms with E-state index in [1.807, 2.05) is 6.07 Å². The Morgan fingerprint density at radius 2 is 1.79 bits per heavy atom. The molecule has 152 valence electrons. The maximum atomic E-state index is 12.9. The molecule has 1 atom stereocenters. The first-order chi connectivity index (χ1) is 13.0. The number of benzene rings is 1. The Bertz CT molecular complexity index is 761. The predicted molar refractivity (Wildman–Crippen MR) is 94.1 cm³/mol. The van der Waals surface area contributed by atoms with E-state index in [0.717, 1.165) is 4.90 Å². The molecule has 0 radical (unpaired) electrons. The van der Waals surface area contributed by atoms with Crippen molar-refractivity contribution in [2.24, 2.45) is 0 Å². The summed E-state index contributed by atoms with van der Waals surface area (Å²) in [6.07, 6.45) is -4.42. The smallest absolute Gasteiger partial charge is 0.373 e. The van der Waals surface area contributed by atoms with Gasteiger partial charge in [-0.1, -0.05) is 0 Å². The minimum absolute atomic E-state index is 0.0207. The first kappa shape index (κ1) is 21.7. The first-order valence-corrected chi connectivity index (χ1v) is 8.92. The van der Waals surface area contributed by atoms with Crippen LogP contribution in [0.1, 0.15) is 42.6 Å². The number of nitriles is 1. The number of alkyl halides is 3. The summed E-state index contributed by atoms with van der Waals surface area (Å²) >= 11 is 0. The Kier molecular flexibility index (Phi) is 6.34. The van der Waals surface area contributed by atoms with Gasteiger partial charge in [0.2, 0.25) is 5.60 Å². The van der Waals surface area contributed by atoms with Crippen LogP contribution >= 0.6 is 0 Å². The van der Waals surface area contributed by atoms with E-state index in [0.29, 0.717) is 37.4 Å². The van der Waals surface area contributed by atoms with Crippen LogP contribution in [0, 0.1) is 11.3 Å². The highest BCUT2D eigenvalue weighted by Gasteiger charge is 2.57. The first-order valence-electron chi connectivity index (χ1n) is 8.92. The van der Waals surface area contributed by atoms with Crippen LogP contribution < -0.4 is 0 Å². The normalized spacial score (nSPS) is 17.5. The maximum Gasteiger partial charge on any atom is 0.426 e. The molecule has 0 saturated carbocycles. The predicted octanol–water partition coefficient (Wildman–Crippen LogP) is 2.32. The molecule has 0 aliphatic carbocycles. The molecule has 0 bridgehead atoms. The van der Waals surface area contributed by atoms with Gasteiger partial charge in [-0.2, -0.15) is 18.4 Å². The number of carbonyl (C=O) groups excluding carboxylic acids is 2. The molecule has 2 amide bonds. The van der Waals surface area contributed by atoms with Crippen molar-refractivity contribution in [3.63, 3.8) is 0 Å². The third-order valence-electron chi connectivity index (χ3n) is 5.02.